The largest absolute Gasteiger partial charge is 0.325 e. The first-order chi connectivity index (χ1) is 11.1. The number of benzene rings is 1. The fourth-order valence-electron chi connectivity index (χ4n) is 2.76. The summed E-state index contributed by atoms with van der Waals surface area (Å²) >= 11 is 11.7. The minimum Gasteiger partial charge on any atom is -0.324 e. The van der Waals surface area contributed by atoms with Gasteiger partial charge in [0.25, 0.3) is 5.91 Å². The van der Waals surface area contributed by atoms with Crippen LogP contribution in [-0.2, 0) is 9.59 Å². The second-order valence-corrected chi connectivity index (χ2v) is 7.24. The molecule has 0 saturated carbocycles. The molecule has 0 aromatic heterocycles. The molecule has 1 saturated heterocycles. The zero-order valence-corrected chi connectivity index (χ0v) is 15.2. The molecule has 0 aliphatic carbocycles. The van der Waals surface area contributed by atoms with E-state index in [9.17, 15) is 14.4 Å². The van der Waals surface area contributed by atoms with Gasteiger partial charge in [-0.2, -0.15) is 0 Å². The van der Waals surface area contributed by atoms with Crippen LogP contribution in [0.1, 0.15) is 27.2 Å². The molecule has 2 N–H and O–H groups in total. The maximum Gasteiger partial charge on any atom is 0.325 e. The van der Waals surface area contributed by atoms with Gasteiger partial charge in [0, 0.05) is 5.69 Å². The summed E-state index contributed by atoms with van der Waals surface area (Å²) in [5, 5.41) is 5.93. The van der Waals surface area contributed by atoms with E-state index < -0.39 is 23.4 Å². The van der Waals surface area contributed by atoms with Gasteiger partial charge in [-0.1, -0.05) is 37.0 Å². The van der Waals surface area contributed by atoms with Gasteiger partial charge in [0.1, 0.15) is 12.1 Å². The van der Waals surface area contributed by atoms with Crippen LogP contribution in [0, 0.1) is 5.92 Å². The summed E-state index contributed by atoms with van der Waals surface area (Å²) in [5.41, 5.74) is -0.541. The lowest BCUT2D eigenvalue weighted by molar-refractivity contribution is -0.133. The second kappa shape index (κ2) is 6.99. The van der Waals surface area contributed by atoms with Gasteiger partial charge in [-0.15, -0.1) is 0 Å². The predicted molar refractivity (Wildman–Crippen MR) is 93.2 cm³/mol. The third kappa shape index (κ3) is 3.99. The van der Waals surface area contributed by atoms with Crippen molar-refractivity contribution in [3.05, 3.63) is 28.2 Å². The first-order valence-electron chi connectivity index (χ1n) is 7.51. The van der Waals surface area contributed by atoms with Crippen molar-refractivity contribution >= 4 is 46.7 Å². The number of carbonyl (C=O) groups is 3. The molecule has 1 aliphatic rings. The molecule has 2 rings (SSSR count). The summed E-state index contributed by atoms with van der Waals surface area (Å²) < 4.78 is 0. The first-order valence-corrected chi connectivity index (χ1v) is 8.27. The van der Waals surface area contributed by atoms with Crippen LogP contribution in [0.5, 0.6) is 0 Å². The number of nitrogens with one attached hydrogen (secondary N) is 2. The van der Waals surface area contributed by atoms with Crippen LogP contribution in [0.2, 0.25) is 10.0 Å². The number of nitrogens with zero attached hydrogens (tertiary/aromatic N) is 1. The fourth-order valence-corrected chi connectivity index (χ4v) is 3.06. The molecule has 24 heavy (non-hydrogen) atoms. The summed E-state index contributed by atoms with van der Waals surface area (Å²) in [6.07, 6.45) is 0.502. The van der Waals surface area contributed by atoms with Gasteiger partial charge in [0.2, 0.25) is 5.91 Å². The Hall–Kier alpha value is -1.79. The third-order valence-electron chi connectivity index (χ3n) is 3.67. The normalized spacial score (nSPS) is 20.5. The van der Waals surface area contributed by atoms with E-state index in [2.05, 4.69) is 10.6 Å². The number of amides is 4. The highest BCUT2D eigenvalue weighted by atomic mass is 35.5. The molecule has 1 heterocycles. The van der Waals surface area contributed by atoms with Crippen molar-refractivity contribution in [3.63, 3.8) is 0 Å². The second-order valence-electron chi connectivity index (χ2n) is 6.43. The third-order valence-corrected chi connectivity index (χ3v) is 4.41. The highest BCUT2D eigenvalue weighted by Gasteiger charge is 2.48. The minimum atomic E-state index is -0.977. The standard InChI is InChI=1S/C16H19Cl2N3O3/c1-9(2)7-16(3)14(23)21(15(24)20-16)8-13(22)19-10-4-5-11(17)12(18)6-10/h4-6,9H,7-8H2,1-3H3,(H,19,22)(H,20,24). The Kier molecular flexibility index (Phi) is 5.40. The number of rotatable bonds is 5. The Labute approximate surface area is 150 Å². The van der Waals surface area contributed by atoms with Crippen molar-refractivity contribution in [3.8, 4) is 0 Å². The molecule has 0 radical (unpaired) electrons. The van der Waals surface area contributed by atoms with Crippen molar-refractivity contribution in [2.45, 2.75) is 32.7 Å². The van der Waals surface area contributed by atoms with Crippen LogP contribution in [-0.4, -0.2) is 34.8 Å². The molecule has 1 unspecified atom stereocenters. The SMILES string of the molecule is CC(C)CC1(C)NC(=O)N(CC(=O)Nc2ccc(Cl)c(Cl)c2)C1=O. The Bertz CT molecular complexity index is 693. The number of anilines is 1. The van der Waals surface area contributed by atoms with Crippen LogP contribution in [0.25, 0.3) is 0 Å². The predicted octanol–water partition coefficient (Wildman–Crippen LogP) is 3.29. The van der Waals surface area contributed by atoms with Gasteiger partial charge >= 0.3 is 6.03 Å². The molecule has 130 valence electrons. The lowest BCUT2D eigenvalue weighted by Gasteiger charge is -2.23. The van der Waals surface area contributed by atoms with E-state index in [0.29, 0.717) is 22.2 Å². The van der Waals surface area contributed by atoms with Crippen molar-refractivity contribution < 1.29 is 14.4 Å². The fraction of sp³-hybridized carbons (Fsp3) is 0.438. The number of halogens is 2. The number of hydrogen-bond acceptors (Lipinski definition) is 3. The van der Waals surface area contributed by atoms with Crippen molar-refractivity contribution in [1.82, 2.24) is 10.2 Å². The molecule has 8 heteroatoms. The van der Waals surface area contributed by atoms with E-state index in [0.717, 1.165) is 4.90 Å². The quantitative estimate of drug-likeness (QED) is 0.779. The summed E-state index contributed by atoms with van der Waals surface area (Å²) in [6.45, 7) is 5.23. The Morgan fingerprint density at radius 1 is 1.29 bits per heavy atom. The topological polar surface area (TPSA) is 78.5 Å². The highest BCUT2D eigenvalue weighted by molar-refractivity contribution is 6.42. The summed E-state index contributed by atoms with van der Waals surface area (Å²) in [6, 6.07) is 4.07. The van der Waals surface area contributed by atoms with E-state index in [-0.39, 0.29) is 12.5 Å². The number of imide groups is 1. The zero-order chi connectivity index (χ0) is 18.1. The lowest BCUT2D eigenvalue weighted by Crippen LogP contribution is -2.45. The molecule has 1 fully saturated rings. The van der Waals surface area contributed by atoms with Gasteiger partial charge in [-0.25, -0.2) is 4.79 Å². The average molecular weight is 372 g/mol. The van der Waals surface area contributed by atoms with Crippen LogP contribution in [0.15, 0.2) is 18.2 Å². The molecular formula is C16H19Cl2N3O3. The molecule has 6 nitrogen and oxygen atoms in total. The maximum absolute atomic E-state index is 12.5. The van der Waals surface area contributed by atoms with E-state index >= 15 is 0 Å². The van der Waals surface area contributed by atoms with Crippen molar-refractivity contribution in [2.75, 3.05) is 11.9 Å². The van der Waals surface area contributed by atoms with Gasteiger partial charge in [-0.05, 0) is 37.5 Å². The molecular weight excluding hydrogens is 353 g/mol. The highest BCUT2D eigenvalue weighted by Crippen LogP contribution is 2.26. The zero-order valence-electron chi connectivity index (χ0n) is 13.7. The summed E-state index contributed by atoms with van der Waals surface area (Å²) in [5.74, 6) is -0.666. The van der Waals surface area contributed by atoms with Crippen LogP contribution in [0.4, 0.5) is 10.5 Å². The molecule has 0 spiro atoms. The van der Waals surface area contributed by atoms with Gasteiger partial charge in [0.15, 0.2) is 0 Å². The smallest absolute Gasteiger partial charge is 0.324 e. The summed E-state index contributed by atoms with van der Waals surface area (Å²) in [4.78, 5) is 37.6. The Morgan fingerprint density at radius 3 is 2.54 bits per heavy atom. The number of carbonyl (C=O) groups excluding carboxylic acids is 3. The van der Waals surface area contributed by atoms with Crippen molar-refractivity contribution in [2.24, 2.45) is 5.92 Å². The number of urea groups is 1. The summed E-state index contributed by atoms with van der Waals surface area (Å²) in [7, 11) is 0. The molecule has 1 aromatic carbocycles. The van der Waals surface area contributed by atoms with Gasteiger partial charge in [0.05, 0.1) is 10.0 Å². The van der Waals surface area contributed by atoms with Crippen LogP contribution < -0.4 is 10.6 Å². The lowest BCUT2D eigenvalue weighted by atomic mass is 9.91. The molecule has 1 atom stereocenters. The van der Waals surface area contributed by atoms with E-state index in [1.807, 2.05) is 13.8 Å². The Morgan fingerprint density at radius 2 is 1.96 bits per heavy atom. The van der Waals surface area contributed by atoms with Gasteiger partial charge < -0.3 is 10.6 Å². The van der Waals surface area contributed by atoms with Gasteiger partial charge in [-0.3, -0.25) is 14.5 Å². The first kappa shape index (κ1) is 18.5. The van der Waals surface area contributed by atoms with Crippen LogP contribution in [0.3, 0.4) is 0 Å². The van der Waals surface area contributed by atoms with E-state index in [1.54, 1.807) is 19.1 Å². The Balaban J connectivity index is 2.04. The molecule has 1 aromatic rings. The molecule has 4 amide bonds. The maximum atomic E-state index is 12.5. The molecule has 0 bridgehead atoms. The van der Waals surface area contributed by atoms with Crippen LogP contribution >= 0.6 is 23.2 Å². The van der Waals surface area contributed by atoms with E-state index in [4.69, 9.17) is 23.2 Å². The minimum absolute atomic E-state index is 0.226. The average Bonchev–Trinajstić information content (AvgIpc) is 2.65. The van der Waals surface area contributed by atoms with E-state index in [1.165, 1.54) is 6.07 Å². The number of hydrogen-bond donors (Lipinski definition) is 2. The molecule has 1 aliphatic heterocycles. The monoisotopic (exact) mass is 371 g/mol. The van der Waals surface area contributed by atoms with Crippen molar-refractivity contribution in [1.29, 1.82) is 0 Å².